The highest BCUT2D eigenvalue weighted by molar-refractivity contribution is 6.48. The molecule has 19 heavy (non-hydrogen) atoms. The zero-order valence-electron chi connectivity index (χ0n) is 10.2. The third kappa shape index (κ3) is 2.68. The normalized spacial score (nSPS) is 22.9. The van der Waals surface area contributed by atoms with Crippen LogP contribution in [-0.4, -0.2) is 40.1 Å². The quantitative estimate of drug-likeness (QED) is 0.910. The average molecular weight is 324 g/mol. The fourth-order valence-electron chi connectivity index (χ4n) is 2.27. The summed E-state index contributed by atoms with van der Waals surface area (Å²) in [6.45, 7) is 2.49. The van der Waals surface area contributed by atoms with Crippen molar-refractivity contribution in [1.82, 2.24) is 9.88 Å². The molecule has 0 bridgehead atoms. The van der Waals surface area contributed by atoms with Crippen LogP contribution in [0.25, 0.3) is 0 Å². The Labute approximate surface area is 126 Å². The van der Waals surface area contributed by atoms with Crippen LogP contribution in [0.15, 0.2) is 6.20 Å². The Balaban J connectivity index is 2.33. The maximum absolute atomic E-state index is 12.4. The van der Waals surface area contributed by atoms with Gasteiger partial charge in [0.2, 0.25) is 0 Å². The van der Waals surface area contributed by atoms with Crippen molar-refractivity contribution in [2.45, 2.75) is 19.4 Å². The molecule has 0 radical (unpaired) electrons. The van der Waals surface area contributed by atoms with E-state index in [2.05, 4.69) is 4.98 Å². The number of carbonyl (C=O) groups is 1. The molecule has 104 valence electrons. The Kier molecular flexibility index (Phi) is 4.56. The number of pyridine rings is 1. The van der Waals surface area contributed by atoms with Gasteiger partial charge in [-0.1, -0.05) is 41.7 Å². The van der Waals surface area contributed by atoms with E-state index >= 15 is 0 Å². The summed E-state index contributed by atoms with van der Waals surface area (Å²) in [5, 5.41) is 9.75. The first-order valence-electron chi connectivity index (χ1n) is 5.88. The van der Waals surface area contributed by atoms with Gasteiger partial charge in [0.05, 0.1) is 27.7 Å². The van der Waals surface area contributed by atoms with E-state index in [0.29, 0.717) is 6.54 Å². The van der Waals surface area contributed by atoms with Gasteiger partial charge in [0.1, 0.15) is 5.69 Å². The summed E-state index contributed by atoms with van der Waals surface area (Å²) in [5.41, 5.74) is 0.0728. The lowest BCUT2D eigenvalue weighted by molar-refractivity contribution is 0.0642. The maximum Gasteiger partial charge on any atom is 0.274 e. The summed E-state index contributed by atoms with van der Waals surface area (Å²) < 4.78 is 0. The number of hydrogen-bond acceptors (Lipinski definition) is 3. The molecule has 2 unspecified atom stereocenters. The molecule has 1 aliphatic heterocycles. The first kappa shape index (κ1) is 14.9. The average Bonchev–Trinajstić information content (AvgIpc) is 2.76. The van der Waals surface area contributed by atoms with Gasteiger partial charge in [-0.3, -0.25) is 4.79 Å². The van der Waals surface area contributed by atoms with Crippen molar-refractivity contribution in [2.24, 2.45) is 5.92 Å². The predicted molar refractivity (Wildman–Crippen MR) is 75.0 cm³/mol. The molecule has 2 rings (SSSR count). The van der Waals surface area contributed by atoms with Crippen molar-refractivity contribution in [3.8, 4) is 0 Å². The Morgan fingerprint density at radius 1 is 1.47 bits per heavy atom. The van der Waals surface area contributed by atoms with E-state index in [1.54, 1.807) is 4.90 Å². The van der Waals surface area contributed by atoms with Crippen molar-refractivity contribution in [3.63, 3.8) is 0 Å². The van der Waals surface area contributed by atoms with Crippen molar-refractivity contribution in [3.05, 3.63) is 27.0 Å². The van der Waals surface area contributed by atoms with Gasteiger partial charge in [-0.2, -0.15) is 0 Å². The van der Waals surface area contributed by atoms with Crippen molar-refractivity contribution < 1.29 is 9.90 Å². The van der Waals surface area contributed by atoms with Crippen LogP contribution in [-0.2, 0) is 0 Å². The summed E-state index contributed by atoms with van der Waals surface area (Å²) in [6, 6.07) is -0.208. The van der Waals surface area contributed by atoms with E-state index in [-0.39, 0.29) is 45.2 Å². The van der Waals surface area contributed by atoms with Crippen LogP contribution in [0.2, 0.25) is 15.1 Å². The molecule has 1 aromatic rings. The summed E-state index contributed by atoms with van der Waals surface area (Å²) >= 11 is 17.7. The number of aliphatic hydroxyl groups excluding tert-OH is 1. The number of hydrogen-bond donors (Lipinski definition) is 1. The highest BCUT2D eigenvalue weighted by Crippen LogP contribution is 2.33. The molecule has 0 aliphatic carbocycles. The zero-order valence-corrected chi connectivity index (χ0v) is 12.5. The van der Waals surface area contributed by atoms with Gasteiger partial charge in [0, 0.05) is 12.7 Å². The molecule has 1 N–H and O–H groups in total. The molecule has 4 nitrogen and oxygen atoms in total. The number of rotatable bonds is 2. The van der Waals surface area contributed by atoms with Gasteiger partial charge < -0.3 is 10.0 Å². The molecule has 1 saturated heterocycles. The van der Waals surface area contributed by atoms with Crippen LogP contribution < -0.4 is 0 Å². The minimum Gasteiger partial charge on any atom is -0.394 e. The lowest BCUT2D eigenvalue weighted by Gasteiger charge is -2.25. The standard InChI is InChI=1S/C12H13Cl3N2O2/c1-6-2-3-17(8(6)5-18)12(19)11-10(15)9(14)7(13)4-16-11/h4,6,8,18H,2-3,5H2,1H3. The number of amides is 1. The third-order valence-electron chi connectivity index (χ3n) is 3.45. The Hall–Kier alpha value is -0.550. The number of aromatic nitrogens is 1. The molecule has 0 aromatic carbocycles. The SMILES string of the molecule is CC1CCN(C(=O)c2ncc(Cl)c(Cl)c2Cl)C1CO. The first-order chi connectivity index (χ1) is 8.97. The Morgan fingerprint density at radius 2 is 2.16 bits per heavy atom. The van der Waals surface area contributed by atoms with E-state index in [9.17, 15) is 9.90 Å². The molecule has 0 saturated carbocycles. The van der Waals surface area contributed by atoms with Crippen LogP contribution in [0, 0.1) is 5.92 Å². The molecule has 1 fully saturated rings. The van der Waals surface area contributed by atoms with Gasteiger partial charge in [-0.15, -0.1) is 0 Å². The highest BCUT2D eigenvalue weighted by atomic mass is 35.5. The van der Waals surface area contributed by atoms with Crippen LogP contribution in [0.1, 0.15) is 23.8 Å². The van der Waals surface area contributed by atoms with Gasteiger partial charge in [-0.05, 0) is 12.3 Å². The molecule has 7 heteroatoms. The van der Waals surface area contributed by atoms with Gasteiger partial charge in [0.25, 0.3) is 5.91 Å². The fraction of sp³-hybridized carbons (Fsp3) is 0.500. The van der Waals surface area contributed by atoms with E-state index in [4.69, 9.17) is 34.8 Å². The number of halogens is 3. The monoisotopic (exact) mass is 322 g/mol. The largest absolute Gasteiger partial charge is 0.394 e. The lowest BCUT2D eigenvalue weighted by atomic mass is 10.0. The van der Waals surface area contributed by atoms with E-state index in [1.807, 2.05) is 6.92 Å². The van der Waals surface area contributed by atoms with E-state index in [0.717, 1.165) is 6.42 Å². The predicted octanol–water partition coefficient (Wildman–Crippen LogP) is 2.88. The van der Waals surface area contributed by atoms with Crippen molar-refractivity contribution in [2.75, 3.05) is 13.2 Å². The van der Waals surface area contributed by atoms with E-state index in [1.165, 1.54) is 6.20 Å². The van der Waals surface area contributed by atoms with Crippen molar-refractivity contribution >= 4 is 40.7 Å². The van der Waals surface area contributed by atoms with Gasteiger partial charge in [0.15, 0.2) is 0 Å². The third-order valence-corrected chi connectivity index (χ3v) is 4.69. The van der Waals surface area contributed by atoms with Gasteiger partial charge >= 0.3 is 0 Å². The molecule has 1 aromatic heterocycles. The second-order valence-electron chi connectivity index (χ2n) is 4.60. The van der Waals surface area contributed by atoms with Crippen molar-refractivity contribution in [1.29, 1.82) is 0 Å². The fourth-order valence-corrected chi connectivity index (χ4v) is 2.83. The van der Waals surface area contributed by atoms with Crippen LogP contribution in [0.3, 0.4) is 0 Å². The number of likely N-dealkylation sites (tertiary alicyclic amines) is 1. The smallest absolute Gasteiger partial charge is 0.274 e. The summed E-state index contributed by atoms with van der Waals surface area (Å²) in [7, 11) is 0. The highest BCUT2D eigenvalue weighted by Gasteiger charge is 2.35. The second kappa shape index (κ2) is 5.83. The molecule has 2 atom stereocenters. The number of carbonyl (C=O) groups excluding carboxylic acids is 1. The van der Waals surface area contributed by atoms with Gasteiger partial charge in [-0.25, -0.2) is 4.98 Å². The van der Waals surface area contributed by atoms with E-state index < -0.39 is 0 Å². The number of aliphatic hydroxyl groups is 1. The zero-order chi connectivity index (χ0) is 14.2. The summed E-state index contributed by atoms with van der Waals surface area (Å²) in [6.07, 6.45) is 2.15. The minimum absolute atomic E-state index is 0.0513. The van der Waals surface area contributed by atoms with Crippen LogP contribution >= 0.6 is 34.8 Å². The van der Waals surface area contributed by atoms with Crippen LogP contribution in [0.5, 0.6) is 0 Å². The molecule has 0 spiro atoms. The van der Waals surface area contributed by atoms with Crippen LogP contribution in [0.4, 0.5) is 0 Å². The molecular weight excluding hydrogens is 311 g/mol. The number of nitrogens with zero attached hydrogens (tertiary/aromatic N) is 2. The lowest BCUT2D eigenvalue weighted by Crippen LogP contribution is -2.40. The maximum atomic E-state index is 12.4. The Bertz CT molecular complexity index is 510. The second-order valence-corrected chi connectivity index (χ2v) is 5.76. The topological polar surface area (TPSA) is 53.4 Å². The Morgan fingerprint density at radius 3 is 2.79 bits per heavy atom. The summed E-state index contributed by atoms with van der Waals surface area (Å²) in [5.74, 6) is -0.0811. The molecule has 2 heterocycles. The molecule has 1 aliphatic rings. The first-order valence-corrected chi connectivity index (χ1v) is 7.02. The minimum atomic E-state index is -0.327. The molecule has 1 amide bonds. The molecular formula is C12H13Cl3N2O2. The summed E-state index contributed by atoms with van der Waals surface area (Å²) in [4.78, 5) is 18.0.